The second-order valence-electron chi connectivity index (χ2n) is 7.91. The fraction of sp³-hybridized carbons (Fsp3) is 0.360. The maximum Gasteiger partial charge on any atom is 0.321 e. The molecule has 0 saturated carbocycles. The Hall–Kier alpha value is -2.90. The van der Waals surface area contributed by atoms with Gasteiger partial charge in [-0.15, -0.1) is 11.3 Å². The standard InChI is InChI=1S/C25H30N4O2S/c1-2-3-17-31-22-11-9-21(10-12-22)26-25(30)29-15-13-28(14-16-29)18-24-27-23(19-32-24)20-7-5-4-6-8-20/h4-12,19H,2-3,13-18H2,1H3,(H,26,30). The summed E-state index contributed by atoms with van der Waals surface area (Å²) in [4.78, 5) is 21.7. The highest BCUT2D eigenvalue weighted by Crippen LogP contribution is 2.23. The molecule has 1 aromatic heterocycles. The molecule has 32 heavy (non-hydrogen) atoms. The zero-order valence-electron chi connectivity index (χ0n) is 18.5. The lowest BCUT2D eigenvalue weighted by Gasteiger charge is -2.34. The van der Waals surface area contributed by atoms with Gasteiger partial charge in [0.05, 0.1) is 18.8 Å². The summed E-state index contributed by atoms with van der Waals surface area (Å²) in [6.45, 7) is 6.80. The van der Waals surface area contributed by atoms with Gasteiger partial charge in [0.2, 0.25) is 0 Å². The van der Waals surface area contributed by atoms with Crippen LogP contribution >= 0.6 is 11.3 Å². The number of nitrogens with zero attached hydrogens (tertiary/aromatic N) is 3. The van der Waals surface area contributed by atoms with Gasteiger partial charge >= 0.3 is 6.03 Å². The maximum absolute atomic E-state index is 12.6. The molecule has 168 valence electrons. The number of aromatic nitrogens is 1. The Morgan fingerprint density at radius 2 is 1.81 bits per heavy atom. The van der Waals surface area contributed by atoms with Gasteiger partial charge in [-0.1, -0.05) is 43.7 Å². The molecule has 1 fully saturated rings. The number of nitrogens with one attached hydrogen (secondary N) is 1. The third kappa shape index (κ3) is 6.08. The molecule has 1 saturated heterocycles. The third-order valence-electron chi connectivity index (χ3n) is 5.51. The van der Waals surface area contributed by atoms with E-state index in [0.717, 1.165) is 66.8 Å². The van der Waals surface area contributed by atoms with Crippen LogP contribution < -0.4 is 10.1 Å². The summed E-state index contributed by atoms with van der Waals surface area (Å²) in [5.41, 5.74) is 2.97. The van der Waals surface area contributed by atoms with E-state index in [0.29, 0.717) is 13.1 Å². The van der Waals surface area contributed by atoms with Crippen LogP contribution in [-0.4, -0.2) is 53.6 Å². The lowest BCUT2D eigenvalue weighted by molar-refractivity contribution is 0.143. The number of hydrogen-bond donors (Lipinski definition) is 1. The molecule has 2 aromatic carbocycles. The lowest BCUT2D eigenvalue weighted by atomic mass is 10.2. The Balaban J connectivity index is 1.22. The van der Waals surface area contributed by atoms with Crippen LogP contribution in [0.4, 0.5) is 10.5 Å². The van der Waals surface area contributed by atoms with E-state index < -0.39 is 0 Å². The van der Waals surface area contributed by atoms with Crippen LogP contribution in [-0.2, 0) is 6.54 Å². The summed E-state index contributed by atoms with van der Waals surface area (Å²) in [6.07, 6.45) is 2.15. The van der Waals surface area contributed by atoms with Crippen molar-refractivity contribution in [3.63, 3.8) is 0 Å². The van der Waals surface area contributed by atoms with E-state index >= 15 is 0 Å². The normalized spacial score (nSPS) is 14.3. The Labute approximate surface area is 193 Å². The highest BCUT2D eigenvalue weighted by atomic mass is 32.1. The van der Waals surface area contributed by atoms with E-state index in [2.05, 4.69) is 34.7 Å². The molecule has 1 N–H and O–H groups in total. The molecule has 7 heteroatoms. The molecule has 0 aliphatic carbocycles. The van der Waals surface area contributed by atoms with Gasteiger partial charge in [-0.05, 0) is 30.7 Å². The monoisotopic (exact) mass is 450 g/mol. The number of piperazine rings is 1. The van der Waals surface area contributed by atoms with Crippen molar-refractivity contribution in [1.82, 2.24) is 14.8 Å². The summed E-state index contributed by atoms with van der Waals surface area (Å²) in [5, 5.41) is 6.23. The van der Waals surface area contributed by atoms with E-state index in [9.17, 15) is 4.79 Å². The largest absolute Gasteiger partial charge is 0.494 e. The average Bonchev–Trinajstić information content (AvgIpc) is 3.30. The molecule has 4 rings (SSSR count). The number of hydrogen-bond acceptors (Lipinski definition) is 5. The second kappa shape index (κ2) is 11.1. The molecular formula is C25H30N4O2S. The molecule has 0 atom stereocenters. The first-order valence-corrected chi connectivity index (χ1v) is 12.1. The number of rotatable bonds is 8. The van der Waals surface area contributed by atoms with E-state index in [4.69, 9.17) is 9.72 Å². The number of thiazole rings is 1. The number of carbonyl (C=O) groups is 1. The molecule has 3 aromatic rings. The Kier molecular flexibility index (Phi) is 7.74. The molecular weight excluding hydrogens is 420 g/mol. The van der Waals surface area contributed by atoms with Crippen LogP contribution in [0.5, 0.6) is 5.75 Å². The van der Waals surface area contributed by atoms with Crippen molar-refractivity contribution < 1.29 is 9.53 Å². The van der Waals surface area contributed by atoms with E-state index in [-0.39, 0.29) is 6.03 Å². The van der Waals surface area contributed by atoms with Crippen LogP contribution in [0.3, 0.4) is 0 Å². The molecule has 2 amide bonds. The van der Waals surface area contributed by atoms with Crippen molar-refractivity contribution in [1.29, 1.82) is 0 Å². The first kappa shape index (κ1) is 22.3. The van der Waals surface area contributed by atoms with Crippen molar-refractivity contribution in [3.8, 4) is 17.0 Å². The minimum atomic E-state index is -0.0510. The van der Waals surface area contributed by atoms with Crippen molar-refractivity contribution >= 4 is 23.1 Å². The van der Waals surface area contributed by atoms with Crippen LogP contribution in [0.1, 0.15) is 24.8 Å². The molecule has 0 spiro atoms. The quantitative estimate of drug-likeness (QED) is 0.471. The number of amides is 2. The van der Waals surface area contributed by atoms with Gasteiger partial charge in [-0.2, -0.15) is 0 Å². The molecule has 0 bridgehead atoms. The predicted molar refractivity (Wildman–Crippen MR) is 130 cm³/mol. The minimum absolute atomic E-state index is 0.0510. The molecule has 2 heterocycles. The van der Waals surface area contributed by atoms with Crippen LogP contribution in [0.2, 0.25) is 0 Å². The fourth-order valence-electron chi connectivity index (χ4n) is 3.60. The minimum Gasteiger partial charge on any atom is -0.494 e. The van der Waals surface area contributed by atoms with Gasteiger partial charge in [0, 0.05) is 42.8 Å². The SMILES string of the molecule is CCCCOc1ccc(NC(=O)N2CCN(Cc3nc(-c4ccccc4)cs3)CC2)cc1. The second-order valence-corrected chi connectivity index (χ2v) is 8.85. The van der Waals surface area contributed by atoms with E-state index in [1.807, 2.05) is 47.4 Å². The first-order valence-electron chi connectivity index (χ1n) is 11.2. The maximum atomic E-state index is 12.6. The number of unbranched alkanes of at least 4 members (excludes halogenated alkanes) is 1. The topological polar surface area (TPSA) is 57.7 Å². The first-order chi connectivity index (χ1) is 15.7. The van der Waals surface area contributed by atoms with Crippen LogP contribution in [0.15, 0.2) is 60.0 Å². The molecule has 1 aliphatic heterocycles. The zero-order chi connectivity index (χ0) is 22.2. The number of carbonyl (C=O) groups excluding carboxylic acids is 1. The summed E-state index contributed by atoms with van der Waals surface area (Å²) in [6, 6.07) is 17.8. The van der Waals surface area contributed by atoms with Gasteiger partial charge < -0.3 is 15.0 Å². The van der Waals surface area contributed by atoms with Gasteiger partial charge in [0.25, 0.3) is 0 Å². The van der Waals surface area contributed by atoms with Gasteiger partial charge in [0.1, 0.15) is 10.8 Å². The van der Waals surface area contributed by atoms with Crippen molar-refractivity contribution in [3.05, 3.63) is 65.0 Å². The number of urea groups is 1. The Morgan fingerprint density at radius 3 is 2.53 bits per heavy atom. The van der Waals surface area contributed by atoms with Gasteiger partial charge in [0.15, 0.2) is 0 Å². The average molecular weight is 451 g/mol. The smallest absolute Gasteiger partial charge is 0.321 e. The molecule has 1 aliphatic rings. The van der Waals surface area contributed by atoms with Crippen LogP contribution in [0, 0.1) is 0 Å². The van der Waals surface area contributed by atoms with Crippen molar-refractivity contribution in [2.24, 2.45) is 0 Å². The summed E-state index contributed by atoms with van der Waals surface area (Å²) < 4.78 is 5.68. The summed E-state index contributed by atoms with van der Waals surface area (Å²) >= 11 is 1.70. The number of anilines is 1. The molecule has 6 nitrogen and oxygen atoms in total. The molecule has 0 unspecified atom stereocenters. The summed E-state index contributed by atoms with van der Waals surface area (Å²) in [7, 11) is 0. The van der Waals surface area contributed by atoms with Crippen molar-refractivity contribution in [2.75, 3.05) is 38.1 Å². The fourth-order valence-corrected chi connectivity index (χ4v) is 4.44. The predicted octanol–water partition coefficient (Wildman–Crippen LogP) is 5.34. The third-order valence-corrected chi connectivity index (χ3v) is 6.35. The highest BCUT2D eigenvalue weighted by Gasteiger charge is 2.22. The Morgan fingerprint density at radius 1 is 1.06 bits per heavy atom. The molecule has 0 radical (unpaired) electrons. The van der Waals surface area contributed by atoms with Gasteiger partial charge in [-0.25, -0.2) is 9.78 Å². The van der Waals surface area contributed by atoms with Gasteiger partial charge in [-0.3, -0.25) is 4.90 Å². The van der Waals surface area contributed by atoms with E-state index in [1.165, 1.54) is 0 Å². The van der Waals surface area contributed by atoms with Crippen LogP contribution in [0.25, 0.3) is 11.3 Å². The Bertz CT molecular complexity index is 983. The lowest BCUT2D eigenvalue weighted by Crippen LogP contribution is -2.49. The zero-order valence-corrected chi connectivity index (χ0v) is 19.3. The number of ether oxygens (including phenoxy) is 1. The van der Waals surface area contributed by atoms with E-state index in [1.54, 1.807) is 11.3 Å². The van der Waals surface area contributed by atoms with Crippen molar-refractivity contribution in [2.45, 2.75) is 26.3 Å². The summed E-state index contributed by atoms with van der Waals surface area (Å²) in [5.74, 6) is 0.836. The highest BCUT2D eigenvalue weighted by molar-refractivity contribution is 7.09. The number of benzene rings is 2.